The maximum atomic E-state index is 12.0. The smallest absolute Gasteiger partial charge is 0.317 e. The molecule has 0 aliphatic rings. The molecule has 0 aliphatic carbocycles. The topological polar surface area (TPSA) is 37.8 Å². The summed E-state index contributed by atoms with van der Waals surface area (Å²) in [5.74, 6) is 0. The molecule has 1 aromatic heterocycles. The molecule has 86 valence electrons. The summed E-state index contributed by atoms with van der Waals surface area (Å²) >= 11 is 1.03. The van der Waals surface area contributed by atoms with Crippen LogP contribution in [0.15, 0.2) is 0 Å². The van der Waals surface area contributed by atoms with Crippen LogP contribution in [0.4, 0.5) is 13.2 Å². The fourth-order valence-corrected chi connectivity index (χ4v) is 1.88. The molecular formula is C8H12F3N3S. The molecule has 0 saturated carbocycles. The maximum absolute atomic E-state index is 12.0. The number of alkyl halides is 3. The van der Waals surface area contributed by atoms with Crippen LogP contribution in [0.3, 0.4) is 0 Å². The first kappa shape index (κ1) is 12.4. The number of hydrogen-bond acceptors (Lipinski definition) is 4. The lowest BCUT2D eigenvalue weighted by Crippen LogP contribution is -2.15. The average Bonchev–Trinajstić information content (AvgIpc) is 2.50. The molecule has 1 rings (SSSR count). The Bertz CT molecular complexity index is 298. The van der Waals surface area contributed by atoms with Crippen molar-refractivity contribution in [1.29, 1.82) is 0 Å². The van der Waals surface area contributed by atoms with E-state index in [-0.39, 0.29) is 5.01 Å². The Morgan fingerprint density at radius 1 is 1.27 bits per heavy atom. The summed E-state index contributed by atoms with van der Waals surface area (Å²) in [4.78, 5) is 0. The Morgan fingerprint density at radius 2 is 1.93 bits per heavy atom. The number of nitrogens with one attached hydrogen (secondary N) is 1. The minimum absolute atomic E-state index is 0.0361. The SMILES string of the molecule is CCNCCc1nnc(CC(F)(F)F)s1. The Morgan fingerprint density at radius 3 is 2.53 bits per heavy atom. The number of likely N-dealkylation sites (N-methyl/N-ethyl adjacent to an activating group) is 1. The van der Waals surface area contributed by atoms with E-state index in [0.29, 0.717) is 11.4 Å². The molecule has 7 heteroatoms. The second-order valence-corrected chi connectivity index (χ2v) is 4.13. The Hall–Kier alpha value is -0.690. The van der Waals surface area contributed by atoms with E-state index in [1.54, 1.807) is 0 Å². The van der Waals surface area contributed by atoms with Gasteiger partial charge in [0.05, 0.1) is 6.42 Å². The van der Waals surface area contributed by atoms with Crippen molar-refractivity contribution < 1.29 is 13.2 Å². The summed E-state index contributed by atoms with van der Waals surface area (Å²) in [5, 5.41) is 11.0. The van der Waals surface area contributed by atoms with Gasteiger partial charge in [-0.1, -0.05) is 6.92 Å². The molecule has 15 heavy (non-hydrogen) atoms. The van der Waals surface area contributed by atoms with Crippen LogP contribution in [0.1, 0.15) is 16.9 Å². The van der Waals surface area contributed by atoms with Crippen LogP contribution in [-0.2, 0) is 12.8 Å². The predicted octanol–water partition coefficient (Wildman–Crippen LogP) is 1.79. The summed E-state index contributed by atoms with van der Waals surface area (Å²) in [6, 6.07) is 0. The Kier molecular flexibility index (Phi) is 4.46. The third kappa shape index (κ3) is 5.08. The number of hydrogen-bond donors (Lipinski definition) is 1. The molecule has 0 fully saturated rings. The van der Waals surface area contributed by atoms with Gasteiger partial charge in [0.15, 0.2) is 0 Å². The van der Waals surface area contributed by atoms with Crippen molar-refractivity contribution in [2.24, 2.45) is 0 Å². The zero-order chi connectivity index (χ0) is 11.3. The van der Waals surface area contributed by atoms with Crippen molar-refractivity contribution in [2.45, 2.75) is 25.9 Å². The Balaban J connectivity index is 2.42. The number of aromatic nitrogens is 2. The molecule has 0 saturated heterocycles. The van der Waals surface area contributed by atoms with Gasteiger partial charge in [-0.3, -0.25) is 0 Å². The van der Waals surface area contributed by atoms with E-state index < -0.39 is 12.6 Å². The summed E-state index contributed by atoms with van der Waals surface area (Å²) < 4.78 is 36.0. The monoisotopic (exact) mass is 239 g/mol. The molecule has 0 aromatic carbocycles. The Labute approximate surface area is 89.7 Å². The predicted molar refractivity (Wildman–Crippen MR) is 51.9 cm³/mol. The van der Waals surface area contributed by atoms with Gasteiger partial charge in [0.25, 0.3) is 0 Å². The highest BCUT2D eigenvalue weighted by Gasteiger charge is 2.29. The van der Waals surface area contributed by atoms with E-state index >= 15 is 0 Å². The first-order chi connectivity index (χ1) is 7.01. The van der Waals surface area contributed by atoms with E-state index in [1.807, 2.05) is 6.92 Å². The molecule has 1 N–H and O–H groups in total. The molecule has 0 atom stereocenters. The molecule has 0 unspecified atom stereocenters. The van der Waals surface area contributed by atoms with E-state index in [1.165, 1.54) is 0 Å². The molecule has 0 bridgehead atoms. The number of nitrogens with zero attached hydrogens (tertiary/aromatic N) is 2. The second kappa shape index (κ2) is 5.41. The van der Waals surface area contributed by atoms with Gasteiger partial charge >= 0.3 is 6.18 Å². The van der Waals surface area contributed by atoms with Crippen molar-refractivity contribution in [2.75, 3.05) is 13.1 Å². The fourth-order valence-electron chi connectivity index (χ4n) is 1.00. The van der Waals surface area contributed by atoms with Crippen LogP contribution in [0.25, 0.3) is 0 Å². The van der Waals surface area contributed by atoms with Crippen LogP contribution >= 0.6 is 11.3 Å². The maximum Gasteiger partial charge on any atom is 0.395 e. The van der Waals surface area contributed by atoms with Gasteiger partial charge in [-0.05, 0) is 6.54 Å². The summed E-state index contributed by atoms with van der Waals surface area (Å²) in [5.41, 5.74) is 0. The third-order valence-electron chi connectivity index (χ3n) is 1.63. The van der Waals surface area contributed by atoms with Crippen molar-refractivity contribution in [3.8, 4) is 0 Å². The van der Waals surface area contributed by atoms with Crippen LogP contribution in [-0.4, -0.2) is 29.5 Å². The van der Waals surface area contributed by atoms with Gasteiger partial charge in [-0.2, -0.15) is 13.2 Å². The minimum atomic E-state index is -4.20. The van der Waals surface area contributed by atoms with Crippen LogP contribution in [0.5, 0.6) is 0 Å². The summed E-state index contributed by atoms with van der Waals surface area (Å²) in [6.45, 7) is 3.53. The van der Waals surface area contributed by atoms with Crippen LogP contribution in [0.2, 0.25) is 0 Å². The van der Waals surface area contributed by atoms with Gasteiger partial charge in [0.1, 0.15) is 10.0 Å². The molecular weight excluding hydrogens is 227 g/mol. The quantitative estimate of drug-likeness (QED) is 0.796. The lowest BCUT2D eigenvalue weighted by Gasteiger charge is -2.00. The van der Waals surface area contributed by atoms with Crippen molar-refractivity contribution in [1.82, 2.24) is 15.5 Å². The first-order valence-electron chi connectivity index (χ1n) is 4.60. The highest BCUT2D eigenvalue weighted by Crippen LogP contribution is 2.23. The lowest BCUT2D eigenvalue weighted by atomic mass is 10.4. The summed E-state index contributed by atoms with van der Waals surface area (Å²) in [6.07, 6.45) is -4.55. The van der Waals surface area contributed by atoms with Crippen molar-refractivity contribution in [3.63, 3.8) is 0 Å². The molecule has 0 amide bonds. The van der Waals surface area contributed by atoms with Crippen LogP contribution < -0.4 is 5.32 Å². The molecule has 0 aliphatic heterocycles. The largest absolute Gasteiger partial charge is 0.395 e. The van der Waals surface area contributed by atoms with Gasteiger partial charge in [-0.15, -0.1) is 21.5 Å². The van der Waals surface area contributed by atoms with E-state index in [9.17, 15) is 13.2 Å². The normalized spacial score (nSPS) is 12.0. The second-order valence-electron chi connectivity index (χ2n) is 2.99. The molecule has 1 heterocycles. The standard InChI is InChI=1S/C8H12F3N3S/c1-2-12-4-3-6-13-14-7(15-6)5-8(9,10)11/h12H,2-5H2,1H3. The fraction of sp³-hybridized carbons (Fsp3) is 0.750. The van der Waals surface area contributed by atoms with Gasteiger partial charge in [0.2, 0.25) is 0 Å². The van der Waals surface area contributed by atoms with Crippen molar-refractivity contribution in [3.05, 3.63) is 10.0 Å². The average molecular weight is 239 g/mol. The zero-order valence-electron chi connectivity index (χ0n) is 8.26. The van der Waals surface area contributed by atoms with E-state index in [0.717, 1.165) is 24.4 Å². The van der Waals surface area contributed by atoms with Crippen LogP contribution in [0, 0.1) is 0 Å². The van der Waals surface area contributed by atoms with Gasteiger partial charge < -0.3 is 5.32 Å². The first-order valence-corrected chi connectivity index (χ1v) is 5.41. The zero-order valence-corrected chi connectivity index (χ0v) is 9.08. The highest BCUT2D eigenvalue weighted by atomic mass is 32.1. The number of rotatable bonds is 5. The molecule has 3 nitrogen and oxygen atoms in total. The molecule has 0 spiro atoms. The minimum Gasteiger partial charge on any atom is -0.317 e. The lowest BCUT2D eigenvalue weighted by molar-refractivity contribution is -0.127. The third-order valence-corrected chi connectivity index (χ3v) is 2.61. The molecule has 1 aromatic rings. The van der Waals surface area contributed by atoms with Gasteiger partial charge in [-0.25, -0.2) is 0 Å². The highest BCUT2D eigenvalue weighted by molar-refractivity contribution is 7.11. The summed E-state index contributed by atoms with van der Waals surface area (Å²) in [7, 11) is 0. The van der Waals surface area contributed by atoms with Crippen molar-refractivity contribution >= 4 is 11.3 Å². The molecule has 0 radical (unpaired) electrons. The van der Waals surface area contributed by atoms with E-state index in [4.69, 9.17) is 0 Å². The van der Waals surface area contributed by atoms with E-state index in [2.05, 4.69) is 15.5 Å². The number of halogens is 3. The van der Waals surface area contributed by atoms with Gasteiger partial charge in [0, 0.05) is 13.0 Å².